The number of aliphatic hydroxyl groups is 4. The fraction of sp³-hybridized carbons (Fsp3) is 0.373. The second-order valence-corrected chi connectivity index (χ2v) is 27.3. The lowest BCUT2D eigenvalue weighted by atomic mass is 9.94. The Labute approximate surface area is 596 Å². The molecule has 7 N–H and O–H groups in total. The van der Waals surface area contributed by atoms with Crippen LogP contribution < -0.4 is 43.1 Å². The number of nitrogens with zero attached hydrogens (tertiary/aromatic N) is 5. The summed E-state index contributed by atoms with van der Waals surface area (Å²) in [7, 11) is 2.08. The van der Waals surface area contributed by atoms with Gasteiger partial charge < -0.3 is 96.8 Å². The van der Waals surface area contributed by atoms with Gasteiger partial charge in [0.05, 0.1) is 109 Å². The van der Waals surface area contributed by atoms with Gasteiger partial charge in [0.2, 0.25) is 6.29 Å². The number of nitrogens with two attached hydrogens (primary N) is 1. The van der Waals surface area contributed by atoms with Crippen LogP contribution in [0.1, 0.15) is 75.6 Å². The molecule has 1 saturated heterocycles. The second-order valence-electron chi connectivity index (χ2n) is 26.1. The molecule has 28 heteroatoms. The highest BCUT2D eigenvalue weighted by molar-refractivity contribution is 7.82. The molecule has 0 aromatic heterocycles. The van der Waals surface area contributed by atoms with Crippen LogP contribution in [0.5, 0.6) is 40.2 Å². The fourth-order valence-electron chi connectivity index (χ4n) is 13.1. The van der Waals surface area contributed by atoms with Crippen molar-refractivity contribution < 1.29 is 98.7 Å². The van der Waals surface area contributed by atoms with Gasteiger partial charge in [-0.05, 0) is 119 Å². The Bertz CT molecular complexity index is 4220. The van der Waals surface area contributed by atoms with Crippen molar-refractivity contribution in [3.63, 3.8) is 0 Å². The summed E-state index contributed by atoms with van der Waals surface area (Å²) < 4.78 is 91.5. The van der Waals surface area contributed by atoms with Gasteiger partial charge in [0, 0.05) is 67.4 Å². The third-order valence-corrected chi connectivity index (χ3v) is 18.9. The fourth-order valence-corrected chi connectivity index (χ4v) is 13.8. The van der Waals surface area contributed by atoms with E-state index in [-0.39, 0.29) is 80.5 Å². The number of aliphatic imine (C=N–C) groups is 2. The number of fused-ring (bicyclic) bond motifs is 6. The number of hydrogen-bond acceptors (Lipinski definition) is 23. The van der Waals surface area contributed by atoms with Gasteiger partial charge >= 0.3 is 10.4 Å². The molecular weight excluding hydrogens is 1350 g/mol. The van der Waals surface area contributed by atoms with Crippen molar-refractivity contribution in [1.29, 1.82) is 0 Å². The Morgan fingerprint density at radius 3 is 1.66 bits per heavy atom. The minimum Gasteiger partial charge on any atom is -0.493 e. The molecular formula is C75H84N7O20S+. The van der Waals surface area contributed by atoms with Crippen molar-refractivity contribution in [3.05, 3.63) is 195 Å². The van der Waals surface area contributed by atoms with Crippen LogP contribution in [0.15, 0.2) is 143 Å². The van der Waals surface area contributed by atoms with Gasteiger partial charge in [-0.2, -0.15) is 0 Å². The molecule has 0 aliphatic carbocycles. The summed E-state index contributed by atoms with van der Waals surface area (Å²) in [5.41, 5.74) is 14.8. The van der Waals surface area contributed by atoms with Crippen LogP contribution in [-0.2, 0) is 81.6 Å². The molecule has 0 bridgehead atoms. The van der Waals surface area contributed by atoms with Gasteiger partial charge in [-0.15, -0.1) is 8.42 Å². The summed E-state index contributed by atoms with van der Waals surface area (Å²) in [6, 6.07) is 38.4. The average molecular weight is 1440 g/mol. The van der Waals surface area contributed by atoms with Crippen molar-refractivity contribution in [2.24, 2.45) is 15.7 Å². The van der Waals surface area contributed by atoms with E-state index < -0.39 is 59.4 Å². The number of carbonyl (C=O) groups excluding carboxylic acids is 3. The predicted octanol–water partition coefficient (Wildman–Crippen LogP) is 5.82. The number of quaternary nitrogens is 1. The van der Waals surface area contributed by atoms with Gasteiger partial charge in [0.1, 0.15) is 56.5 Å². The first-order valence-electron chi connectivity index (χ1n) is 33.8. The topological polar surface area (TPSA) is 337 Å². The summed E-state index contributed by atoms with van der Waals surface area (Å²) >= 11 is 0. The largest absolute Gasteiger partial charge is 0.501 e. The van der Waals surface area contributed by atoms with E-state index in [2.05, 4.69) is 17.4 Å². The standard InChI is InChI=1S/C75H83N7O20S/c1-82(2,41-46-13-16-57(17-14-46)101-103(90,91)102-67-32-52(72(87)77-20-22-95-24-26-96-25-23-94-21-19-76)15-18-62(67)99-75-71(86)70(85)69(84)68(43-83)100-75)42-47-27-48(44-97-65-35-60-58(33-63(65)92-3)73(88)80-39-53-11-7-5-9-50(53)30-55(80)37-78-60)29-49(28-47)45-98-66-36-61-59(34-64(66)93-4)74(89)81-40-54-12-8-6-10-51(54)31-56(81)38-79-61/h5-18,27-29,32-38,55-56,68-71,75,83-86H,19-26,30-31,39-45,76H2,1-4H3/p+1/t55-,56-,68+,69-,70-,71+,75?/m0/s1. The third-order valence-electron chi connectivity index (χ3n) is 18.2. The number of nitrogens with one attached hydrogen (secondary N) is 1. The SMILES string of the molecule is COc1cc2c(cc1OCc1cc(COc3cc4c(cc3OC)C(=O)N3Cc5ccccc5C[C@H]3C=N4)cc(C[N+](C)(C)Cc3ccc(OS(=O)(=O)Oc4cc(C(=O)NCCOCCOCCOCCN)ccc4OC4O[C@H](CO)[C@H](O)[C@H](O)[C@H]4O)cc3)c1)N=C[C@@H]1Cc3ccccc3CN1C2=O. The first kappa shape index (κ1) is 73.2. The highest BCUT2D eigenvalue weighted by atomic mass is 32.3. The zero-order valence-electron chi connectivity index (χ0n) is 57.5. The molecule has 5 aliphatic rings. The smallest absolute Gasteiger partial charge is 0.493 e. The highest BCUT2D eigenvalue weighted by Crippen LogP contribution is 2.42. The lowest BCUT2D eigenvalue weighted by Crippen LogP contribution is -2.60. The number of aliphatic hydroxyl groups excluding tert-OH is 4. The van der Waals surface area contributed by atoms with E-state index in [0.29, 0.717) is 115 Å². The number of benzene rings is 7. The van der Waals surface area contributed by atoms with Gasteiger partial charge in [0.25, 0.3) is 17.7 Å². The van der Waals surface area contributed by atoms with E-state index in [1.807, 2.05) is 90.9 Å². The van der Waals surface area contributed by atoms with Crippen LogP contribution in [0.3, 0.4) is 0 Å². The van der Waals surface area contributed by atoms with Crippen LogP contribution in [-0.4, -0.2) is 204 Å². The maximum absolute atomic E-state index is 14.3. The van der Waals surface area contributed by atoms with Crippen LogP contribution in [0.2, 0.25) is 0 Å². The summed E-state index contributed by atoms with van der Waals surface area (Å²) in [6.45, 7) is 3.42. The van der Waals surface area contributed by atoms with Crippen molar-refractivity contribution in [3.8, 4) is 40.2 Å². The minimum absolute atomic E-state index is 0.0589. The van der Waals surface area contributed by atoms with E-state index in [1.165, 1.54) is 49.6 Å². The molecule has 5 heterocycles. The lowest BCUT2D eigenvalue weighted by molar-refractivity contribution is -0.916. The monoisotopic (exact) mass is 1430 g/mol. The summed E-state index contributed by atoms with van der Waals surface area (Å²) in [5, 5.41) is 44.2. The molecule has 7 aromatic carbocycles. The van der Waals surface area contributed by atoms with Crippen LogP contribution in [0, 0.1) is 0 Å². The molecule has 103 heavy (non-hydrogen) atoms. The third kappa shape index (κ3) is 17.7. The number of carbonyl (C=O) groups is 3. The zero-order chi connectivity index (χ0) is 72.4. The van der Waals surface area contributed by atoms with Crippen molar-refractivity contribution in [2.75, 3.05) is 87.7 Å². The van der Waals surface area contributed by atoms with Crippen LogP contribution >= 0.6 is 0 Å². The number of rotatable bonds is 31. The van der Waals surface area contributed by atoms with Crippen molar-refractivity contribution in [1.82, 2.24) is 15.1 Å². The van der Waals surface area contributed by atoms with Crippen LogP contribution in [0.25, 0.3) is 0 Å². The molecule has 1 unspecified atom stereocenters. The number of hydrogen-bond donors (Lipinski definition) is 6. The predicted molar refractivity (Wildman–Crippen MR) is 376 cm³/mol. The van der Waals surface area contributed by atoms with Gasteiger partial charge in [-0.3, -0.25) is 24.4 Å². The van der Waals surface area contributed by atoms with E-state index in [0.717, 1.165) is 39.4 Å². The Morgan fingerprint density at radius 1 is 0.592 bits per heavy atom. The molecule has 0 radical (unpaired) electrons. The van der Waals surface area contributed by atoms with E-state index in [4.69, 9.17) is 66.7 Å². The number of amides is 3. The number of ether oxygens (including phenoxy) is 9. The maximum atomic E-state index is 14.3. The normalized spacial score (nSPS) is 19.7. The maximum Gasteiger partial charge on any atom is 0.501 e. The first-order valence-corrected chi connectivity index (χ1v) is 35.1. The first-order chi connectivity index (χ1) is 49.8. The molecule has 12 rings (SSSR count). The highest BCUT2D eigenvalue weighted by Gasteiger charge is 2.45. The van der Waals surface area contributed by atoms with Crippen LogP contribution in [0.4, 0.5) is 11.4 Å². The Morgan fingerprint density at radius 2 is 1.12 bits per heavy atom. The Kier molecular flexibility index (Phi) is 23.3. The molecule has 3 amide bonds. The molecule has 0 spiro atoms. The summed E-state index contributed by atoms with van der Waals surface area (Å²) in [6.07, 6.45) is -3.63. The zero-order valence-corrected chi connectivity index (χ0v) is 58.3. The van der Waals surface area contributed by atoms with E-state index in [1.54, 1.807) is 36.4 Å². The minimum atomic E-state index is -5.04. The van der Waals surface area contributed by atoms with Crippen molar-refractivity contribution >= 4 is 51.9 Å². The quantitative estimate of drug-likeness (QED) is 0.0220. The lowest BCUT2D eigenvalue weighted by Gasteiger charge is -2.39. The second kappa shape index (κ2) is 32.8. The van der Waals surface area contributed by atoms with E-state index in [9.17, 15) is 43.2 Å². The summed E-state index contributed by atoms with van der Waals surface area (Å²) in [5.74, 6) is -0.614. The molecule has 7 aromatic rings. The Balaban J connectivity index is 0.751. The van der Waals surface area contributed by atoms with Gasteiger partial charge in [0.15, 0.2) is 34.5 Å². The molecule has 544 valence electrons. The van der Waals surface area contributed by atoms with E-state index >= 15 is 0 Å². The molecule has 27 nitrogen and oxygen atoms in total. The molecule has 1 fully saturated rings. The molecule has 5 aliphatic heterocycles. The van der Waals surface area contributed by atoms with Crippen molar-refractivity contribution in [2.45, 2.75) is 95.0 Å². The van der Waals surface area contributed by atoms with Gasteiger partial charge in [-0.1, -0.05) is 48.5 Å². The number of methoxy groups -OCH3 is 2. The Hall–Kier alpha value is -9.56. The molecule has 0 saturated carbocycles. The average Bonchev–Trinajstić information content (AvgIpc) is 1.70. The van der Waals surface area contributed by atoms with Gasteiger partial charge in [-0.25, -0.2) is 0 Å². The summed E-state index contributed by atoms with van der Waals surface area (Å²) in [4.78, 5) is 55.3. The molecule has 7 atom stereocenters.